The second-order valence-corrected chi connectivity index (χ2v) is 5.25. The van der Waals surface area contributed by atoms with Gasteiger partial charge in [-0.3, -0.25) is 0 Å². The van der Waals surface area contributed by atoms with Gasteiger partial charge in [-0.2, -0.15) is 0 Å². The molecule has 1 unspecified atom stereocenters. The van der Waals surface area contributed by atoms with Crippen LogP contribution in [-0.2, 0) is 6.42 Å². The number of halogens is 2. The first kappa shape index (κ1) is 13.3. The van der Waals surface area contributed by atoms with Gasteiger partial charge in [0.25, 0.3) is 0 Å². The van der Waals surface area contributed by atoms with Crippen LogP contribution >= 0.6 is 11.6 Å². The van der Waals surface area contributed by atoms with Gasteiger partial charge in [0, 0.05) is 6.07 Å². The number of rotatable bonds is 2. The zero-order valence-corrected chi connectivity index (χ0v) is 11.9. The smallest absolute Gasteiger partial charge is 0.162 e. The Bertz CT molecular complexity index is 627. The molecule has 2 nitrogen and oxygen atoms in total. The van der Waals surface area contributed by atoms with Gasteiger partial charge >= 0.3 is 0 Å². The van der Waals surface area contributed by atoms with Gasteiger partial charge < -0.3 is 10.1 Å². The van der Waals surface area contributed by atoms with Crippen LogP contribution in [0.5, 0.6) is 5.75 Å². The topological polar surface area (TPSA) is 21.3 Å². The van der Waals surface area contributed by atoms with E-state index in [1.54, 1.807) is 0 Å². The standard InChI is InChI=1S/C16H15ClFNO/c1-2-10-3-5-11(6-4-10)15-9-19-14-8-12(18)7-13(17)16(14)20-15/h3-8,15,19H,2,9H2,1H3. The fourth-order valence-electron chi connectivity index (χ4n) is 2.35. The lowest BCUT2D eigenvalue weighted by molar-refractivity contribution is 0.210. The Morgan fingerprint density at radius 3 is 2.75 bits per heavy atom. The highest BCUT2D eigenvalue weighted by Crippen LogP contribution is 2.40. The number of ether oxygens (including phenoxy) is 1. The summed E-state index contributed by atoms with van der Waals surface area (Å²) in [5.41, 5.74) is 2.98. The van der Waals surface area contributed by atoms with E-state index in [1.807, 2.05) is 0 Å². The Morgan fingerprint density at radius 2 is 2.05 bits per heavy atom. The van der Waals surface area contributed by atoms with Crippen molar-refractivity contribution in [2.45, 2.75) is 19.4 Å². The summed E-state index contributed by atoms with van der Waals surface area (Å²) in [6.45, 7) is 2.72. The molecule has 104 valence electrons. The highest BCUT2D eigenvalue weighted by molar-refractivity contribution is 6.32. The minimum atomic E-state index is -0.365. The normalized spacial score (nSPS) is 17.1. The monoisotopic (exact) mass is 291 g/mol. The average Bonchev–Trinajstić information content (AvgIpc) is 2.47. The molecule has 20 heavy (non-hydrogen) atoms. The molecule has 1 aliphatic heterocycles. The molecule has 1 N–H and O–H groups in total. The molecule has 1 atom stereocenters. The minimum absolute atomic E-state index is 0.114. The molecule has 0 saturated heterocycles. The summed E-state index contributed by atoms with van der Waals surface area (Å²) >= 11 is 6.04. The fourth-order valence-corrected chi connectivity index (χ4v) is 2.60. The summed E-state index contributed by atoms with van der Waals surface area (Å²) in [4.78, 5) is 0. The average molecular weight is 292 g/mol. The second kappa shape index (κ2) is 5.33. The highest BCUT2D eigenvalue weighted by atomic mass is 35.5. The molecule has 3 rings (SSSR count). The van der Waals surface area contributed by atoms with Gasteiger partial charge in [-0.1, -0.05) is 42.8 Å². The third-order valence-electron chi connectivity index (χ3n) is 3.51. The van der Waals surface area contributed by atoms with Gasteiger partial charge in [-0.15, -0.1) is 0 Å². The van der Waals surface area contributed by atoms with E-state index in [1.165, 1.54) is 17.7 Å². The predicted molar refractivity (Wildman–Crippen MR) is 79.1 cm³/mol. The van der Waals surface area contributed by atoms with Gasteiger partial charge in [-0.05, 0) is 23.6 Å². The fraction of sp³-hybridized carbons (Fsp3) is 0.250. The molecular weight excluding hydrogens is 277 g/mol. The molecule has 0 aliphatic carbocycles. The number of fused-ring (bicyclic) bond motifs is 1. The number of benzene rings is 2. The van der Waals surface area contributed by atoms with E-state index >= 15 is 0 Å². The van der Waals surface area contributed by atoms with Crippen molar-refractivity contribution in [1.29, 1.82) is 0 Å². The molecule has 0 fully saturated rings. The summed E-state index contributed by atoms with van der Waals surface area (Å²) in [5.74, 6) is 0.152. The van der Waals surface area contributed by atoms with Gasteiger partial charge in [0.2, 0.25) is 0 Å². The lowest BCUT2D eigenvalue weighted by Crippen LogP contribution is -2.24. The Labute approximate surface area is 122 Å². The van der Waals surface area contributed by atoms with Crippen molar-refractivity contribution in [3.05, 3.63) is 58.4 Å². The maximum Gasteiger partial charge on any atom is 0.162 e. The Hall–Kier alpha value is -1.74. The predicted octanol–water partition coefficient (Wildman–Crippen LogP) is 4.59. The third-order valence-corrected chi connectivity index (χ3v) is 3.79. The Balaban J connectivity index is 1.87. The summed E-state index contributed by atoms with van der Waals surface area (Å²) < 4.78 is 19.2. The summed E-state index contributed by atoms with van der Waals surface area (Å²) in [7, 11) is 0. The third kappa shape index (κ3) is 2.46. The van der Waals surface area contributed by atoms with Crippen LogP contribution in [-0.4, -0.2) is 6.54 Å². The highest BCUT2D eigenvalue weighted by Gasteiger charge is 2.23. The first-order chi connectivity index (χ1) is 9.67. The van der Waals surface area contributed by atoms with Gasteiger partial charge in [0.05, 0.1) is 17.3 Å². The van der Waals surface area contributed by atoms with E-state index in [9.17, 15) is 4.39 Å². The van der Waals surface area contributed by atoms with Crippen LogP contribution < -0.4 is 10.1 Å². The van der Waals surface area contributed by atoms with Crippen LogP contribution in [0.1, 0.15) is 24.2 Å². The van der Waals surface area contributed by atoms with E-state index < -0.39 is 0 Å². The van der Waals surface area contributed by atoms with Crippen LogP contribution in [0.15, 0.2) is 36.4 Å². The Kier molecular flexibility index (Phi) is 3.53. The molecule has 1 heterocycles. The van der Waals surface area contributed by atoms with Crippen LogP contribution in [0, 0.1) is 5.82 Å². The Morgan fingerprint density at radius 1 is 1.30 bits per heavy atom. The first-order valence-electron chi connectivity index (χ1n) is 6.65. The van der Waals surface area contributed by atoms with Crippen molar-refractivity contribution in [1.82, 2.24) is 0 Å². The molecule has 0 radical (unpaired) electrons. The summed E-state index contributed by atoms with van der Waals surface area (Å²) in [6, 6.07) is 11.0. The van der Waals surface area contributed by atoms with Gasteiger partial charge in [0.1, 0.15) is 11.9 Å². The van der Waals surface area contributed by atoms with Gasteiger partial charge in [-0.25, -0.2) is 4.39 Å². The molecule has 2 aromatic rings. The maximum absolute atomic E-state index is 13.3. The molecule has 0 spiro atoms. The molecule has 2 aromatic carbocycles. The number of nitrogens with one attached hydrogen (secondary N) is 1. The van der Waals surface area contributed by atoms with E-state index in [2.05, 4.69) is 36.5 Å². The lowest BCUT2D eigenvalue weighted by Gasteiger charge is -2.28. The zero-order chi connectivity index (χ0) is 14.1. The van der Waals surface area contributed by atoms with Gasteiger partial charge in [0.15, 0.2) is 5.75 Å². The SMILES string of the molecule is CCc1ccc(C2CNc3cc(F)cc(Cl)c3O2)cc1. The number of aryl methyl sites for hydroxylation is 1. The molecular formula is C16H15ClFNO. The van der Waals surface area contributed by atoms with Crippen molar-refractivity contribution < 1.29 is 9.13 Å². The largest absolute Gasteiger partial charge is 0.480 e. The summed E-state index contributed by atoms with van der Waals surface area (Å²) in [6.07, 6.45) is 0.897. The molecule has 4 heteroatoms. The van der Waals surface area contributed by atoms with E-state index in [-0.39, 0.29) is 11.9 Å². The van der Waals surface area contributed by atoms with E-state index in [4.69, 9.17) is 16.3 Å². The van der Waals surface area contributed by atoms with E-state index in [0.29, 0.717) is 23.0 Å². The molecule has 0 bridgehead atoms. The quantitative estimate of drug-likeness (QED) is 0.874. The number of anilines is 1. The van der Waals surface area contributed by atoms with Crippen LogP contribution in [0.3, 0.4) is 0 Å². The van der Waals surface area contributed by atoms with Crippen molar-refractivity contribution in [2.24, 2.45) is 0 Å². The zero-order valence-electron chi connectivity index (χ0n) is 11.1. The molecule has 1 aliphatic rings. The molecule has 0 amide bonds. The van der Waals surface area contributed by atoms with Crippen molar-refractivity contribution >= 4 is 17.3 Å². The van der Waals surface area contributed by atoms with Crippen LogP contribution in [0.2, 0.25) is 5.02 Å². The maximum atomic E-state index is 13.3. The summed E-state index contributed by atoms with van der Waals surface area (Å²) in [5, 5.41) is 3.47. The first-order valence-corrected chi connectivity index (χ1v) is 7.03. The van der Waals surface area contributed by atoms with E-state index in [0.717, 1.165) is 12.0 Å². The molecule has 0 saturated carbocycles. The minimum Gasteiger partial charge on any atom is -0.480 e. The van der Waals surface area contributed by atoms with Crippen LogP contribution in [0.25, 0.3) is 0 Å². The molecule has 0 aromatic heterocycles. The number of hydrogen-bond acceptors (Lipinski definition) is 2. The van der Waals surface area contributed by atoms with Crippen molar-refractivity contribution in [3.8, 4) is 5.75 Å². The number of hydrogen-bond donors (Lipinski definition) is 1. The van der Waals surface area contributed by atoms with Crippen molar-refractivity contribution in [3.63, 3.8) is 0 Å². The van der Waals surface area contributed by atoms with Crippen LogP contribution in [0.4, 0.5) is 10.1 Å². The van der Waals surface area contributed by atoms with Crippen molar-refractivity contribution in [2.75, 3.05) is 11.9 Å². The lowest BCUT2D eigenvalue weighted by atomic mass is 10.0. The second-order valence-electron chi connectivity index (χ2n) is 4.85.